The fourth-order valence-electron chi connectivity index (χ4n) is 3.37. The van der Waals surface area contributed by atoms with Crippen LogP contribution in [-0.4, -0.2) is 10.8 Å². The van der Waals surface area contributed by atoms with Crippen LogP contribution in [0.2, 0.25) is 0 Å². The van der Waals surface area contributed by atoms with Gasteiger partial charge in [-0.05, 0) is 42.5 Å². The third-order valence-electron chi connectivity index (χ3n) is 4.77. The Morgan fingerprint density at radius 2 is 1.23 bits per heavy atom. The Bertz CT molecular complexity index is 1170. The first-order chi connectivity index (χ1) is 15.1. The van der Waals surface area contributed by atoms with Crippen LogP contribution in [0.3, 0.4) is 0 Å². The van der Waals surface area contributed by atoms with E-state index in [1.807, 2.05) is 83.8 Å². The van der Waals surface area contributed by atoms with E-state index in [1.54, 1.807) is 12.1 Å². The van der Waals surface area contributed by atoms with Gasteiger partial charge in [0.15, 0.2) is 0 Å². The molecule has 152 valence electrons. The predicted molar refractivity (Wildman–Crippen MR) is 122 cm³/mol. The molecule has 0 radical (unpaired) electrons. The zero-order chi connectivity index (χ0) is 21.6. The number of para-hydroxylation sites is 5. The van der Waals surface area contributed by atoms with Crippen molar-refractivity contribution in [2.24, 2.45) is 0 Å². The molecule has 4 rings (SSSR count). The number of anilines is 4. The molecule has 0 spiro atoms. The van der Waals surface area contributed by atoms with Crippen LogP contribution in [0.5, 0.6) is 0 Å². The third-order valence-corrected chi connectivity index (χ3v) is 4.77. The predicted octanol–water partition coefficient (Wildman–Crippen LogP) is 6.32. The molecule has 0 aromatic heterocycles. The van der Waals surface area contributed by atoms with Gasteiger partial charge in [0.1, 0.15) is 5.56 Å². The molecule has 0 atom stereocenters. The molecule has 0 aliphatic heterocycles. The highest BCUT2D eigenvalue weighted by Gasteiger charge is 2.22. The molecule has 0 heterocycles. The summed E-state index contributed by atoms with van der Waals surface area (Å²) in [6.07, 6.45) is 0. The molecule has 1 amide bonds. The molecule has 0 unspecified atom stereocenters. The van der Waals surface area contributed by atoms with Crippen molar-refractivity contribution in [2.45, 2.75) is 0 Å². The molecule has 4 aromatic carbocycles. The quantitative estimate of drug-likeness (QED) is 0.299. The fraction of sp³-hybridized carbons (Fsp3) is 0. The summed E-state index contributed by atoms with van der Waals surface area (Å²) in [6.45, 7) is 0. The first-order valence-electron chi connectivity index (χ1n) is 9.69. The minimum atomic E-state index is -0.555. The van der Waals surface area contributed by atoms with E-state index in [9.17, 15) is 14.9 Å². The van der Waals surface area contributed by atoms with Gasteiger partial charge in [0.05, 0.1) is 16.3 Å². The van der Waals surface area contributed by atoms with Crippen molar-refractivity contribution in [2.75, 3.05) is 10.2 Å². The summed E-state index contributed by atoms with van der Waals surface area (Å²) < 4.78 is 0. The molecule has 1 N–H and O–H groups in total. The first-order valence-corrected chi connectivity index (χ1v) is 9.69. The number of rotatable bonds is 6. The summed E-state index contributed by atoms with van der Waals surface area (Å²) in [6, 6.07) is 32.9. The minimum Gasteiger partial charge on any atom is -0.320 e. The number of carbonyl (C=O) groups is 1. The standard InChI is InChI=1S/C25H19N3O3/c29-25(21-15-7-9-17-23(21)28(30)31)26-22-16-8-10-18-24(22)27(19-11-3-1-4-12-19)20-13-5-2-6-14-20/h1-18H,(H,26,29). The number of nitro groups is 1. The molecule has 0 saturated carbocycles. The molecule has 4 aromatic rings. The summed E-state index contributed by atoms with van der Waals surface area (Å²) in [5.41, 5.74) is 2.89. The van der Waals surface area contributed by atoms with Crippen molar-refractivity contribution in [1.29, 1.82) is 0 Å². The van der Waals surface area contributed by atoms with Crippen molar-refractivity contribution in [3.05, 3.63) is 125 Å². The van der Waals surface area contributed by atoms with Crippen molar-refractivity contribution in [3.63, 3.8) is 0 Å². The van der Waals surface area contributed by atoms with Crippen LogP contribution in [0.25, 0.3) is 0 Å². The van der Waals surface area contributed by atoms with Gasteiger partial charge >= 0.3 is 0 Å². The zero-order valence-corrected chi connectivity index (χ0v) is 16.5. The van der Waals surface area contributed by atoms with Crippen LogP contribution < -0.4 is 10.2 Å². The number of nitrogens with one attached hydrogen (secondary N) is 1. The smallest absolute Gasteiger partial charge is 0.282 e. The van der Waals surface area contributed by atoms with Gasteiger partial charge in [-0.15, -0.1) is 0 Å². The van der Waals surface area contributed by atoms with Gasteiger partial charge in [-0.2, -0.15) is 0 Å². The maximum atomic E-state index is 13.0. The van der Waals surface area contributed by atoms with Gasteiger partial charge < -0.3 is 10.2 Å². The second-order valence-electron chi connectivity index (χ2n) is 6.75. The number of carbonyl (C=O) groups excluding carboxylic acids is 1. The Labute approximate surface area is 179 Å². The van der Waals surface area contributed by atoms with Crippen molar-refractivity contribution in [1.82, 2.24) is 0 Å². The lowest BCUT2D eigenvalue weighted by Gasteiger charge is -2.27. The molecule has 31 heavy (non-hydrogen) atoms. The van der Waals surface area contributed by atoms with E-state index < -0.39 is 10.8 Å². The van der Waals surface area contributed by atoms with E-state index in [1.165, 1.54) is 18.2 Å². The first kappa shape index (κ1) is 19.8. The minimum absolute atomic E-state index is 0.00766. The highest BCUT2D eigenvalue weighted by molar-refractivity contribution is 6.09. The lowest BCUT2D eigenvalue weighted by atomic mass is 10.1. The lowest BCUT2D eigenvalue weighted by molar-refractivity contribution is -0.385. The highest BCUT2D eigenvalue weighted by atomic mass is 16.6. The Balaban J connectivity index is 1.77. The van der Waals surface area contributed by atoms with Crippen LogP contribution in [0.4, 0.5) is 28.4 Å². The van der Waals surface area contributed by atoms with Crippen LogP contribution in [0.1, 0.15) is 10.4 Å². The van der Waals surface area contributed by atoms with Crippen molar-refractivity contribution < 1.29 is 9.72 Å². The SMILES string of the molecule is O=C(Nc1ccccc1N(c1ccccc1)c1ccccc1)c1ccccc1[N+](=O)[O-]. The van der Waals surface area contributed by atoms with Gasteiger partial charge in [0.25, 0.3) is 11.6 Å². The Kier molecular flexibility index (Phi) is 5.71. The van der Waals surface area contributed by atoms with Crippen LogP contribution >= 0.6 is 0 Å². The molecule has 6 heteroatoms. The largest absolute Gasteiger partial charge is 0.320 e. The van der Waals surface area contributed by atoms with Gasteiger partial charge in [0.2, 0.25) is 0 Å². The normalized spacial score (nSPS) is 10.3. The molecule has 6 nitrogen and oxygen atoms in total. The number of nitrogens with zero attached hydrogens (tertiary/aromatic N) is 2. The maximum Gasteiger partial charge on any atom is 0.282 e. The Morgan fingerprint density at radius 3 is 1.84 bits per heavy atom. The zero-order valence-electron chi connectivity index (χ0n) is 16.5. The summed E-state index contributed by atoms with van der Waals surface area (Å²) in [5.74, 6) is -0.541. The molecule has 0 aliphatic rings. The van der Waals surface area contributed by atoms with E-state index in [0.29, 0.717) is 5.69 Å². The highest BCUT2D eigenvalue weighted by Crippen LogP contribution is 2.38. The number of hydrogen-bond acceptors (Lipinski definition) is 4. The van der Waals surface area contributed by atoms with E-state index in [2.05, 4.69) is 5.32 Å². The molecular formula is C25H19N3O3. The second kappa shape index (κ2) is 8.92. The van der Waals surface area contributed by atoms with Crippen LogP contribution in [0.15, 0.2) is 109 Å². The third kappa shape index (κ3) is 4.28. The monoisotopic (exact) mass is 409 g/mol. The molecular weight excluding hydrogens is 390 g/mol. The van der Waals surface area contributed by atoms with Gasteiger partial charge in [-0.25, -0.2) is 0 Å². The van der Waals surface area contributed by atoms with Crippen LogP contribution in [0, 0.1) is 10.1 Å². The molecule has 0 aliphatic carbocycles. The number of nitro benzene ring substituents is 1. The van der Waals surface area contributed by atoms with E-state index in [4.69, 9.17) is 0 Å². The number of hydrogen-bond donors (Lipinski definition) is 1. The van der Waals surface area contributed by atoms with Crippen molar-refractivity contribution in [3.8, 4) is 0 Å². The maximum absolute atomic E-state index is 13.0. The molecule has 0 saturated heterocycles. The average Bonchev–Trinajstić information content (AvgIpc) is 2.82. The summed E-state index contributed by atoms with van der Waals surface area (Å²) in [7, 11) is 0. The lowest BCUT2D eigenvalue weighted by Crippen LogP contribution is -2.17. The van der Waals surface area contributed by atoms with E-state index in [-0.39, 0.29) is 11.3 Å². The van der Waals surface area contributed by atoms with Gasteiger partial charge in [0, 0.05) is 17.4 Å². The van der Waals surface area contributed by atoms with Gasteiger partial charge in [-0.1, -0.05) is 60.7 Å². The van der Waals surface area contributed by atoms with Crippen molar-refractivity contribution >= 4 is 34.3 Å². The summed E-state index contributed by atoms with van der Waals surface area (Å²) in [5, 5.41) is 14.2. The molecule has 0 fully saturated rings. The topological polar surface area (TPSA) is 75.5 Å². The number of amides is 1. The summed E-state index contributed by atoms with van der Waals surface area (Å²) >= 11 is 0. The van der Waals surface area contributed by atoms with Gasteiger partial charge in [-0.3, -0.25) is 14.9 Å². The molecule has 0 bridgehead atoms. The summed E-state index contributed by atoms with van der Waals surface area (Å²) in [4.78, 5) is 25.8. The number of benzene rings is 4. The Morgan fingerprint density at radius 1 is 0.710 bits per heavy atom. The van der Waals surface area contributed by atoms with Crippen LogP contribution in [-0.2, 0) is 0 Å². The van der Waals surface area contributed by atoms with E-state index >= 15 is 0 Å². The fourth-order valence-corrected chi connectivity index (χ4v) is 3.37. The second-order valence-corrected chi connectivity index (χ2v) is 6.75. The van der Waals surface area contributed by atoms with E-state index in [0.717, 1.165) is 17.1 Å². The average molecular weight is 409 g/mol. The Hall–Kier alpha value is -4.45.